The van der Waals surface area contributed by atoms with E-state index < -0.39 is 0 Å². The Labute approximate surface area is 157 Å². The molecule has 24 heavy (non-hydrogen) atoms. The van der Waals surface area contributed by atoms with Gasteiger partial charge in [-0.05, 0) is 30.8 Å². The molecular formula is C17H24ClN3OS2. The number of amides is 1. The van der Waals surface area contributed by atoms with Crippen LogP contribution >= 0.6 is 35.1 Å². The zero-order chi connectivity index (χ0) is 16.1. The van der Waals surface area contributed by atoms with Crippen LogP contribution in [0.15, 0.2) is 22.9 Å². The lowest BCUT2D eigenvalue weighted by Gasteiger charge is -2.36. The number of hydrogen-bond donors (Lipinski definition) is 2. The molecule has 0 atom stereocenters. The minimum Gasteiger partial charge on any atom is -0.350 e. The molecule has 1 saturated carbocycles. The maximum absolute atomic E-state index is 12.4. The van der Waals surface area contributed by atoms with E-state index in [9.17, 15) is 4.79 Å². The molecule has 3 rings (SSSR count). The number of hydrogen-bond acceptors (Lipinski definition) is 5. The van der Waals surface area contributed by atoms with Gasteiger partial charge in [0.1, 0.15) is 5.69 Å². The second-order valence-corrected chi connectivity index (χ2v) is 8.06. The molecule has 132 valence electrons. The number of nitrogens with two attached hydrogens (primary N) is 1. The van der Waals surface area contributed by atoms with Gasteiger partial charge in [-0.3, -0.25) is 4.79 Å². The Kier molecular flexibility index (Phi) is 7.22. The highest BCUT2D eigenvalue weighted by Crippen LogP contribution is 2.41. The molecule has 0 bridgehead atoms. The lowest BCUT2D eigenvalue weighted by atomic mass is 9.73. The zero-order valence-corrected chi connectivity index (χ0v) is 16.1. The molecule has 3 N–H and O–H groups in total. The van der Waals surface area contributed by atoms with Gasteiger partial charge >= 0.3 is 0 Å². The van der Waals surface area contributed by atoms with Crippen LogP contribution in [-0.2, 0) is 11.8 Å². The van der Waals surface area contributed by atoms with Crippen molar-refractivity contribution >= 4 is 41.0 Å². The maximum Gasteiger partial charge on any atom is 0.270 e. The summed E-state index contributed by atoms with van der Waals surface area (Å²) in [5, 5.41) is 8.03. The van der Waals surface area contributed by atoms with Crippen molar-refractivity contribution < 1.29 is 4.79 Å². The molecule has 1 aliphatic carbocycles. The predicted octanol–water partition coefficient (Wildman–Crippen LogP) is 3.76. The lowest BCUT2D eigenvalue weighted by Crippen LogP contribution is -2.41. The van der Waals surface area contributed by atoms with Crippen LogP contribution in [-0.4, -0.2) is 24.0 Å². The van der Waals surface area contributed by atoms with Crippen molar-refractivity contribution in [1.29, 1.82) is 0 Å². The number of rotatable bonds is 6. The Hall–Kier alpha value is -0.950. The van der Waals surface area contributed by atoms with Crippen LogP contribution in [0, 0.1) is 0 Å². The van der Waals surface area contributed by atoms with E-state index in [-0.39, 0.29) is 23.7 Å². The van der Waals surface area contributed by atoms with E-state index in [2.05, 4.69) is 27.8 Å². The van der Waals surface area contributed by atoms with Crippen molar-refractivity contribution in [2.45, 2.75) is 43.9 Å². The molecule has 7 heteroatoms. The Bertz CT molecular complexity index is 636. The van der Waals surface area contributed by atoms with Gasteiger partial charge in [-0.15, -0.1) is 35.1 Å². The number of thiazole rings is 1. The number of nitrogens with zero attached hydrogens (tertiary/aromatic N) is 1. The van der Waals surface area contributed by atoms with Crippen molar-refractivity contribution in [3.05, 3.63) is 38.5 Å². The summed E-state index contributed by atoms with van der Waals surface area (Å²) in [6.07, 6.45) is 6.83. The fourth-order valence-electron chi connectivity index (χ4n) is 3.31. The molecule has 0 unspecified atom stereocenters. The van der Waals surface area contributed by atoms with Crippen LogP contribution in [0.4, 0.5) is 0 Å². The van der Waals surface area contributed by atoms with Gasteiger partial charge in [0.05, 0.1) is 5.01 Å². The highest BCUT2D eigenvalue weighted by atomic mass is 35.5. The highest BCUT2D eigenvalue weighted by Gasteiger charge is 2.35. The van der Waals surface area contributed by atoms with Crippen LogP contribution in [0.3, 0.4) is 0 Å². The van der Waals surface area contributed by atoms with E-state index in [1.807, 2.05) is 16.7 Å². The Morgan fingerprint density at radius 2 is 2.08 bits per heavy atom. The number of carbonyl (C=O) groups excluding carboxylic acids is 1. The molecule has 0 spiro atoms. The quantitative estimate of drug-likeness (QED) is 0.795. The van der Waals surface area contributed by atoms with Gasteiger partial charge in [-0.1, -0.05) is 25.3 Å². The van der Waals surface area contributed by atoms with Gasteiger partial charge in [0.15, 0.2) is 0 Å². The van der Waals surface area contributed by atoms with Crippen molar-refractivity contribution in [3.63, 3.8) is 0 Å². The van der Waals surface area contributed by atoms with E-state index in [1.165, 1.54) is 35.5 Å². The highest BCUT2D eigenvalue weighted by molar-refractivity contribution is 7.10. The topological polar surface area (TPSA) is 68.0 Å². The number of halogens is 1. The molecule has 0 aromatic carbocycles. The summed E-state index contributed by atoms with van der Waals surface area (Å²) in [7, 11) is 0. The maximum atomic E-state index is 12.4. The zero-order valence-electron chi connectivity index (χ0n) is 13.6. The van der Waals surface area contributed by atoms with Gasteiger partial charge in [0, 0.05) is 28.6 Å². The second-order valence-electron chi connectivity index (χ2n) is 6.17. The van der Waals surface area contributed by atoms with E-state index in [4.69, 9.17) is 5.73 Å². The molecule has 2 aromatic rings. The lowest BCUT2D eigenvalue weighted by molar-refractivity contribution is 0.0932. The van der Waals surface area contributed by atoms with Gasteiger partial charge in [-0.2, -0.15) is 0 Å². The van der Waals surface area contributed by atoms with Crippen LogP contribution in [0.2, 0.25) is 0 Å². The molecule has 0 saturated heterocycles. The molecule has 0 radical (unpaired) electrons. The molecule has 0 aliphatic heterocycles. The summed E-state index contributed by atoms with van der Waals surface area (Å²) >= 11 is 3.32. The summed E-state index contributed by atoms with van der Waals surface area (Å²) in [4.78, 5) is 18.2. The molecule has 1 amide bonds. The first-order valence-corrected chi connectivity index (χ1v) is 9.96. The number of carbonyl (C=O) groups is 1. The fourth-order valence-corrected chi connectivity index (χ4v) is 5.09. The van der Waals surface area contributed by atoms with Gasteiger partial charge < -0.3 is 11.1 Å². The first kappa shape index (κ1) is 19.4. The summed E-state index contributed by atoms with van der Waals surface area (Å²) < 4.78 is 0. The SMILES string of the molecule is Cl.NCCc1nc(C(=O)NCC2(c3cccs3)CCCCC2)cs1. The summed E-state index contributed by atoms with van der Waals surface area (Å²) in [6, 6.07) is 4.32. The molecule has 2 heterocycles. The summed E-state index contributed by atoms with van der Waals surface area (Å²) in [5.74, 6) is -0.0639. The number of nitrogens with one attached hydrogen (secondary N) is 1. The molecule has 2 aromatic heterocycles. The van der Waals surface area contributed by atoms with E-state index >= 15 is 0 Å². The van der Waals surface area contributed by atoms with Crippen molar-refractivity contribution in [2.75, 3.05) is 13.1 Å². The second kappa shape index (κ2) is 8.94. The van der Waals surface area contributed by atoms with Crippen LogP contribution < -0.4 is 11.1 Å². The first-order valence-electron chi connectivity index (χ1n) is 8.20. The monoisotopic (exact) mass is 385 g/mol. The van der Waals surface area contributed by atoms with Crippen molar-refractivity contribution in [2.24, 2.45) is 5.73 Å². The van der Waals surface area contributed by atoms with Gasteiger partial charge in [0.2, 0.25) is 0 Å². The van der Waals surface area contributed by atoms with Gasteiger partial charge in [-0.25, -0.2) is 4.98 Å². The third-order valence-corrected chi connectivity index (χ3v) is 6.61. The summed E-state index contributed by atoms with van der Waals surface area (Å²) in [5.41, 5.74) is 6.17. The minimum atomic E-state index is -0.0639. The summed E-state index contributed by atoms with van der Waals surface area (Å²) in [6.45, 7) is 1.27. The van der Waals surface area contributed by atoms with E-state index in [0.29, 0.717) is 18.8 Å². The first-order chi connectivity index (χ1) is 11.2. The third kappa shape index (κ3) is 4.36. The van der Waals surface area contributed by atoms with Crippen LogP contribution in [0.1, 0.15) is 52.5 Å². The van der Waals surface area contributed by atoms with Crippen LogP contribution in [0.5, 0.6) is 0 Å². The van der Waals surface area contributed by atoms with E-state index in [1.54, 1.807) is 0 Å². The van der Waals surface area contributed by atoms with Crippen molar-refractivity contribution in [3.8, 4) is 0 Å². The molecule has 1 aliphatic rings. The molecule has 4 nitrogen and oxygen atoms in total. The average molecular weight is 386 g/mol. The third-order valence-electron chi connectivity index (χ3n) is 4.58. The van der Waals surface area contributed by atoms with Crippen molar-refractivity contribution in [1.82, 2.24) is 10.3 Å². The minimum absolute atomic E-state index is 0. The number of aromatic nitrogens is 1. The normalized spacial score (nSPS) is 16.4. The number of thiophene rings is 1. The van der Waals surface area contributed by atoms with Crippen LogP contribution in [0.25, 0.3) is 0 Å². The molecular weight excluding hydrogens is 362 g/mol. The standard InChI is InChI=1S/C17H23N3OS2.ClH/c18-9-6-15-20-13(11-23-15)16(21)19-12-17(7-2-1-3-8-17)14-5-4-10-22-14;/h4-5,10-11H,1-3,6-9,12,18H2,(H,19,21);1H. The Morgan fingerprint density at radius 1 is 1.29 bits per heavy atom. The molecule has 1 fully saturated rings. The Morgan fingerprint density at radius 3 is 2.75 bits per heavy atom. The Balaban J connectivity index is 0.00000208. The largest absolute Gasteiger partial charge is 0.350 e. The average Bonchev–Trinajstić information content (AvgIpc) is 3.26. The fraction of sp³-hybridized carbons (Fsp3) is 0.529. The van der Waals surface area contributed by atoms with E-state index in [0.717, 1.165) is 24.3 Å². The smallest absolute Gasteiger partial charge is 0.270 e. The van der Waals surface area contributed by atoms with Gasteiger partial charge in [0.25, 0.3) is 5.91 Å². The predicted molar refractivity (Wildman–Crippen MR) is 104 cm³/mol.